The molecule has 0 radical (unpaired) electrons. The van der Waals surface area contributed by atoms with Gasteiger partial charge in [-0.15, -0.1) is 0 Å². The van der Waals surface area contributed by atoms with E-state index >= 15 is 0 Å². The summed E-state index contributed by atoms with van der Waals surface area (Å²) in [5, 5.41) is 0. The Balaban J connectivity index is 2.10. The van der Waals surface area contributed by atoms with Gasteiger partial charge in [0.25, 0.3) is 0 Å². The predicted octanol–water partition coefficient (Wildman–Crippen LogP) is 6.55. The van der Waals surface area contributed by atoms with Crippen LogP contribution in [-0.4, -0.2) is 0 Å². The van der Waals surface area contributed by atoms with Gasteiger partial charge >= 0.3 is 0 Å². The molecule has 2 unspecified atom stereocenters. The molecule has 0 nitrogen and oxygen atoms in total. The summed E-state index contributed by atoms with van der Waals surface area (Å²) in [6.07, 6.45) is 1.07. The summed E-state index contributed by atoms with van der Waals surface area (Å²) >= 11 is 0. The van der Waals surface area contributed by atoms with Crippen molar-refractivity contribution in [3.05, 3.63) is 107 Å². The maximum absolute atomic E-state index is 2.34. The molecule has 0 bridgehead atoms. The summed E-state index contributed by atoms with van der Waals surface area (Å²) in [7, 11) is 0. The highest BCUT2D eigenvalue weighted by Gasteiger charge is 2.20. The first kappa shape index (κ1) is 16.5. The lowest BCUT2D eigenvalue weighted by molar-refractivity contribution is 0.825. The molecule has 0 aliphatic rings. The third-order valence-corrected chi connectivity index (χ3v) is 5.11. The summed E-state index contributed by atoms with van der Waals surface area (Å²) in [6, 6.07) is 28.5. The first-order chi connectivity index (χ1) is 11.7. The van der Waals surface area contributed by atoms with Gasteiger partial charge in [-0.3, -0.25) is 0 Å². The average molecular weight is 314 g/mol. The van der Waals surface area contributed by atoms with Gasteiger partial charge in [-0.2, -0.15) is 0 Å². The van der Waals surface area contributed by atoms with Crippen LogP contribution in [0.25, 0.3) is 0 Å². The van der Waals surface area contributed by atoms with Crippen molar-refractivity contribution < 1.29 is 0 Å². The van der Waals surface area contributed by atoms with Crippen LogP contribution in [0, 0.1) is 0 Å². The fourth-order valence-electron chi connectivity index (χ4n) is 3.68. The summed E-state index contributed by atoms with van der Waals surface area (Å²) in [5.74, 6) is 0.808. The lowest BCUT2D eigenvalue weighted by Crippen LogP contribution is -2.08. The Bertz CT molecular complexity index is 772. The topological polar surface area (TPSA) is 0 Å². The lowest BCUT2D eigenvalue weighted by atomic mass is 9.80. The molecule has 0 aliphatic carbocycles. The van der Waals surface area contributed by atoms with E-state index in [1.807, 2.05) is 0 Å². The van der Waals surface area contributed by atoms with Gasteiger partial charge in [0.2, 0.25) is 0 Å². The molecule has 0 fully saturated rings. The van der Waals surface area contributed by atoms with Crippen molar-refractivity contribution in [2.45, 2.75) is 39.0 Å². The fourth-order valence-corrected chi connectivity index (χ4v) is 3.68. The van der Waals surface area contributed by atoms with Crippen molar-refractivity contribution in [1.29, 1.82) is 0 Å². The Hall–Kier alpha value is -2.34. The molecule has 0 amide bonds. The Morgan fingerprint density at radius 2 is 1.17 bits per heavy atom. The smallest absolute Gasteiger partial charge is 0.00666 e. The minimum Gasteiger partial charge on any atom is -0.0622 e. The summed E-state index contributed by atoms with van der Waals surface area (Å²) in [4.78, 5) is 0. The van der Waals surface area contributed by atoms with Crippen LogP contribution in [-0.2, 0) is 6.42 Å². The highest BCUT2D eigenvalue weighted by atomic mass is 14.2. The zero-order valence-electron chi connectivity index (χ0n) is 14.9. The van der Waals surface area contributed by atoms with E-state index in [1.54, 1.807) is 0 Å². The first-order valence-electron chi connectivity index (χ1n) is 8.94. The second-order valence-corrected chi connectivity index (χ2v) is 6.54. The van der Waals surface area contributed by atoms with Crippen LogP contribution in [0.1, 0.15) is 60.4 Å². The fraction of sp³-hybridized carbons (Fsp3) is 0.250. The van der Waals surface area contributed by atoms with E-state index in [9.17, 15) is 0 Å². The second kappa shape index (κ2) is 7.49. The summed E-state index contributed by atoms with van der Waals surface area (Å²) < 4.78 is 0. The van der Waals surface area contributed by atoms with Crippen LogP contribution in [0.15, 0.2) is 78.9 Å². The molecule has 0 saturated carbocycles. The van der Waals surface area contributed by atoms with E-state index in [0.29, 0.717) is 11.8 Å². The van der Waals surface area contributed by atoms with E-state index in [1.165, 1.54) is 27.8 Å². The van der Waals surface area contributed by atoms with Crippen LogP contribution in [0.2, 0.25) is 0 Å². The maximum atomic E-state index is 2.34. The molecule has 0 spiro atoms. The van der Waals surface area contributed by atoms with Gasteiger partial charge in [0, 0.05) is 11.8 Å². The SMILES string of the molecule is CCc1cccc(C(C)c2ccccc2)c1C(C)c1ccccc1. The molecule has 0 aliphatic heterocycles. The Morgan fingerprint density at radius 3 is 1.71 bits per heavy atom. The van der Waals surface area contributed by atoms with Gasteiger partial charge in [0.1, 0.15) is 0 Å². The van der Waals surface area contributed by atoms with Gasteiger partial charge in [0.15, 0.2) is 0 Å². The van der Waals surface area contributed by atoms with Crippen molar-refractivity contribution in [2.24, 2.45) is 0 Å². The minimum absolute atomic E-state index is 0.402. The van der Waals surface area contributed by atoms with Crippen LogP contribution in [0.4, 0.5) is 0 Å². The quantitative estimate of drug-likeness (QED) is 0.500. The van der Waals surface area contributed by atoms with E-state index in [0.717, 1.165) is 6.42 Å². The van der Waals surface area contributed by atoms with Crippen LogP contribution in [0.5, 0.6) is 0 Å². The van der Waals surface area contributed by atoms with E-state index in [2.05, 4.69) is 99.6 Å². The van der Waals surface area contributed by atoms with Gasteiger partial charge in [-0.05, 0) is 34.2 Å². The molecule has 24 heavy (non-hydrogen) atoms. The number of aryl methyl sites for hydroxylation is 1. The average Bonchev–Trinajstić information content (AvgIpc) is 2.67. The maximum Gasteiger partial charge on any atom is 0.00666 e. The molecular weight excluding hydrogens is 288 g/mol. The summed E-state index contributed by atoms with van der Waals surface area (Å²) in [6.45, 7) is 6.92. The van der Waals surface area contributed by atoms with E-state index in [-0.39, 0.29) is 0 Å². The zero-order valence-corrected chi connectivity index (χ0v) is 14.9. The van der Waals surface area contributed by atoms with Crippen LogP contribution >= 0.6 is 0 Å². The minimum atomic E-state index is 0.402. The van der Waals surface area contributed by atoms with Crippen molar-refractivity contribution in [2.75, 3.05) is 0 Å². The normalized spacial score (nSPS) is 13.5. The number of benzene rings is 3. The lowest BCUT2D eigenvalue weighted by Gasteiger charge is -2.24. The van der Waals surface area contributed by atoms with Crippen molar-refractivity contribution in [3.8, 4) is 0 Å². The van der Waals surface area contributed by atoms with Gasteiger partial charge in [-0.1, -0.05) is 99.6 Å². The molecule has 2 atom stereocenters. The largest absolute Gasteiger partial charge is 0.0622 e. The molecule has 3 aromatic carbocycles. The first-order valence-corrected chi connectivity index (χ1v) is 8.94. The Labute approximate surface area is 146 Å². The van der Waals surface area contributed by atoms with Crippen molar-refractivity contribution >= 4 is 0 Å². The molecule has 0 N–H and O–H groups in total. The third kappa shape index (κ3) is 3.28. The van der Waals surface area contributed by atoms with Crippen molar-refractivity contribution in [3.63, 3.8) is 0 Å². The van der Waals surface area contributed by atoms with E-state index < -0.39 is 0 Å². The highest BCUT2D eigenvalue weighted by Crippen LogP contribution is 2.36. The van der Waals surface area contributed by atoms with Gasteiger partial charge in [0.05, 0.1) is 0 Å². The van der Waals surface area contributed by atoms with Crippen LogP contribution in [0.3, 0.4) is 0 Å². The second-order valence-electron chi connectivity index (χ2n) is 6.54. The monoisotopic (exact) mass is 314 g/mol. The van der Waals surface area contributed by atoms with E-state index in [4.69, 9.17) is 0 Å². The Morgan fingerprint density at radius 1 is 0.625 bits per heavy atom. The Kier molecular flexibility index (Phi) is 5.15. The van der Waals surface area contributed by atoms with Gasteiger partial charge < -0.3 is 0 Å². The molecule has 0 heteroatoms. The predicted molar refractivity (Wildman–Crippen MR) is 104 cm³/mol. The molecule has 0 heterocycles. The van der Waals surface area contributed by atoms with Crippen molar-refractivity contribution in [1.82, 2.24) is 0 Å². The molecule has 0 aromatic heterocycles. The standard InChI is InChI=1S/C24H26/c1-4-20-16-11-17-23(18(2)21-12-7-5-8-13-21)24(20)19(3)22-14-9-6-10-15-22/h5-19H,4H2,1-3H3. The molecule has 0 saturated heterocycles. The molecular formula is C24H26. The highest BCUT2D eigenvalue weighted by molar-refractivity contribution is 5.47. The number of hydrogen-bond donors (Lipinski definition) is 0. The molecule has 122 valence electrons. The third-order valence-electron chi connectivity index (χ3n) is 5.11. The molecule has 3 rings (SSSR count). The number of rotatable bonds is 5. The summed E-state index contributed by atoms with van der Waals surface area (Å²) in [5.41, 5.74) is 7.19. The number of hydrogen-bond acceptors (Lipinski definition) is 0. The van der Waals surface area contributed by atoms with Crippen LogP contribution < -0.4 is 0 Å². The zero-order chi connectivity index (χ0) is 16.9. The molecule has 3 aromatic rings. The van der Waals surface area contributed by atoms with Gasteiger partial charge in [-0.25, -0.2) is 0 Å².